The zero-order chi connectivity index (χ0) is 16.9. The van der Waals surface area contributed by atoms with E-state index in [1.807, 2.05) is 66.7 Å². The van der Waals surface area contributed by atoms with Gasteiger partial charge in [-0.15, -0.1) is 0 Å². The molecule has 0 spiro atoms. The van der Waals surface area contributed by atoms with Crippen LogP contribution in [0.2, 0.25) is 0 Å². The predicted octanol–water partition coefficient (Wildman–Crippen LogP) is 4.16. The molecule has 1 aliphatic rings. The Bertz CT molecular complexity index is 747. The number of ether oxygens (including phenoxy) is 1. The summed E-state index contributed by atoms with van der Waals surface area (Å²) < 4.78 is 5.00. The van der Waals surface area contributed by atoms with Crippen LogP contribution in [-0.4, -0.2) is 18.9 Å². The number of ketones is 1. The second-order valence-electron chi connectivity index (χ2n) is 5.95. The van der Waals surface area contributed by atoms with Crippen LogP contribution in [0.4, 0.5) is 0 Å². The number of carbonyl (C=O) groups is 2. The van der Waals surface area contributed by atoms with Crippen LogP contribution >= 0.6 is 0 Å². The highest BCUT2D eigenvalue weighted by Crippen LogP contribution is 2.40. The minimum atomic E-state index is -0.329. The lowest BCUT2D eigenvalue weighted by Gasteiger charge is -2.30. The molecule has 0 saturated carbocycles. The van der Waals surface area contributed by atoms with E-state index in [0.717, 1.165) is 5.56 Å². The number of methoxy groups -OCH3 is 1. The van der Waals surface area contributed by atoms with Crippen LogP contribution in [0.3, 0.4) is 0 Å². The molecule has 0 amide bonds. The topological polar surface area (TPSA) is 43.4 Å². The van der Waals surface area contributed by atoms with Gasteiger partial charge >= 0.3 is 5.97 Å². The van der Waals surface area contributed by atoms with Crippen molar-refractivity contribution in [3.63, 3.8) is 0 Å². The first-order chi connectivity index (χ1) is 11.7. The number of benzene rings is 2. The first kappa shape index (κ1) is 16.2. The molecule has 0 aliphatic heterocycles. The van der Waals surface area contributed by atoms with Crippen molar-refractivity contribution in [2.45, 2.75) is 18.8 Å². The van der Waals surface area contributed by atoms with Crippen molar-refractivity contribution < 1.29 is 14.3 Å². The summed E-state index contributed by atoms with van der Waals surface area (Å²) in [6.07, 6.45) is 3.38. The third-order valence-electron chi connectivity index (χ3n) is 4.54. The van der Waals surface area contributed by atoms with Crippen LogP contribution in [0, 0.1) is 5.92 Å². The van der Waals surface area contributed by atoms with Crippen LogP contribution in [-0.2, 0) is 9.53 Å². The SMILES string of the molecule is COC(=O)[C@@H]1CCC=C(C(=O)c2ccccc2)[C@H]1c1ccccc1. The van der Waals surface area contributed by atoms with E-state index in [2.05, 4.69) is 0 Å². The van der Waals surface area contributed by atoms with Crippen molar-refractivity contribution >= 4 is 11.8 Å². The molecule has 2 atom stereocenters. The molecule has 0 radical (unpaired) electrons. The van der Waals surface area contributed by atoms with Crippen LogP contribution < -0.4 is 0 Å². The minimum absolute atomic E-state index is 0.0157. The first-order valence-corrected chi connectivity index (χ1v) is 8.15. The Balaban J connectivity index is 2.04. The second-order valence-corrected chi connectivity index (χ2v) is 5.95. The largest absolute Gasteiger partial charge is 0.469 e. The molecule has 0 bridgehead atoms. The summed E-state index contributed by atoms with van der Waals surface area (Å²) in [7, 11) is 1.40. The molecular formula is C21H20O3. The van der Waals surface area contributed by atoms with Gasteiger partial charge in [0.2, 0.25) is 0 Å². The molecule has 0 N–H and O–H groups in total. The zero-order valence-corrected chi connectivity index (χ0v) is 13.6. The van der Waals surface area contributed by atoms with Crippen molar-refractivity contribution in [3.05, 3.63) is 83.4 Å². The van der Waals surface area contributed by atoms with Gasteiger partial charge in [0, 0.05) is 17.1 Å². The third kappa shape index (κ3) is 3.16. The molecule has 0 unspecified atom stereocenters. The van der Waals surface area contributed by atoms with Crippen LogP contribution in [0.5, 0.6) is 0 Å². The van der Waals surface area contributed by atoms with Crippen LogP contribution in [0.15, 0.2) is 72.3 Å². The number of carbonyl (C=O) groups excluding carboxylic acids is 2. The average molecular weight is 320 g/mol. The fourth-order valence-electron chi connectivity index (χ4n) is 3.40. The lowest BCUT2D eigenvalue weighted by atomic mass is 9.72. The number of allylic oxidation sites excluding steroid dienone is 2. The summed E-state index contributed by atoms with van der Waals surface area (Å²) in [6.45, 7) is 0. The van der Waals surface area contributed by atoms with E-state index in [1.54, 1.807) is 0 Å². The molecule has 0 heterocycles. The zero-order valence-electron chi connectivity index (χ0n) is 13.6. The fraction of sp³-hybridized carbons (Fsp3) is 0.238. The van der Waals surface area contributed by atoms with Gasteiger partial charge in [0.25, 0.3) is 0 Å². The van der Waals surface area contributed by atoms with Gasteiger partial charge in [-0.2, -0.15) is 0 Å². The summed E-state index contributed by atoms with van der Waals surface area (Å²) in [5.41, 5.74) is 2.31. The normalized spacial score (nSPS) is 20.1. The minimum Gasteiger partial charge on any atom is -0.469 e. The number of hydrogen-bond donors (Lipinski definition) is 0. The molecule has 1 aliphatic carbocycles. The van der Waals surface area contributed by atoms with Gasteiger partial charge < -0.3 is 4.74 Å². The molecule has 0 aromatic heterocycles. The quantitative estimate of drug-likeness (QED) is 0.627. The maximum Gasteiger partial charge on any atom is 0.309 e. The predicted molar refractivity (Wildman–Crippen MR) is 92.8 cm³/mol. The van der Waals surface area contributed by atoms with Crippen LogP contribution in [0.25, 0.3) is 0 Å². The Hall–Kier alpha value is -2.68. The first-order valence-electron chi connectivity index (χ1n) is 8.15. The molecule has 0 saturated heterocycles. The Morgan fingerprint density at radius 3 is 2.21 bits per heavy atom. The molecule has 2 aromatic carbocycles. The van der Waals surface area contributed by atoms with E-state index < -0.39 is 0 Å². The van der Waals surface area contributed by atoms with Gasteiger partial charge in [0.15, 0.2) is 5.78 Å². The summed E-state index contributed by atoms with van der Waals surface area (Å²) in [5, 5.41) is 0. The van der Waals surface area contributed by atoms with Gasteiger partial charge in [0.05, 0.1) is 13.0 Å². The monoisotopic (exact) mass is 320 g/mol. The molecule has 0 fully saturated rings. The van der Waals surface area contributed by atoms with Crippen molar-refractivity contribution in [1.29, 1.82) is 0 Å². The van der Waals surface area contributed by atoms with Gasteiger partial charge in [-0.3, -0.25) is 9.59 Å². The standard InChI is InChI=1S/C21H20O3/c1-24-21(23)18-14-8-13-17(19(18)15-9-4-2-5-10-15)20(22)16-11-6-3-7-12-16/h2-7,9-13,18-19H,8,14H2,1H3/t18-,19-/m1/s1. The van der Waals surface area contributed by atoms with Gasteiger partial charge in [-0.1, -0.05) is 66.7 Å². The maximum atomic E-state index is 13.0. The second kappa shape index (κ2) is 7.26. The smallest absolute Gasteiger partial charge is 0.309 e. The molecule has 2 aromatic rings. The van der Waals surface area contributed by atoms with Crippen molar-refractivity contribution in [2.75, 3.05) is 7.11 Å². The molecule has 24 heavy (non-hydrogen) atoms. The van der Waals surface area contributed by atoms with Crippen LogP contribution in [0.1, 0.15) is 34.7 Å². The van der Waals surface area contributed by atoms with Gasteiger partial charge in [-0.25, -0.2) is 0 Å². The van der Waals surface area contributed by atoms with Gasteiger partial charge in [-0.05, 0) is 18.4 Å². The fourth-order valence-corrected chi connectivity index (χ4v) is 3.40. The van der Waals surface area contributed by atoms with E-state index in [1.165, 1.54) is 7.11 Å². The Morgan fingerprint density at radius 2 is 1.58 bits per heavy atom. The Labute approximate surface area is 142 Å². The number of Topliss-reactive ketones (excluding diaryl/α,β-unsaturated/α-hetero) is 1. The Morgan fingerprint density at radius 1 is 0.958 bits per heavy atom. The van der Waals surface area contributed by atoms with E-state index in [-0.39, 0.29) is 23.6 Å². The van der Waals surface area contributed by atoms with E-state index in [9.17, 15) is 9.59 Å². The van der Waals surface area contributed by atoms with Crippen molar-refractivity contribution in [1.82, 2.24) is 0 Å². The van der Waals surface area contributed by atoms with Crippen molar-refractivity contribution in [3.8, 4) is 0 Å². The summed E-state index contributed by atoms with van der Waals surface area (Å²) in [6, 6.07) is 19.0. The van der Waals surface area contributed by atoms with E-state index in [4.69, 9.17) is 4.74 Å². The van der Waals surface area contributed by atoms with Gasteiger partial charge in [0.1, 0.15) is 0 Å². The number of rotatable bonds is 4. The number of hydrogen-bond acceptors (Lipinski definition) is 3. The molecule has 122 valence electrons. The summed E-state index contributed by atoms with van der Waals surface area (Å²) in [4.78, 5) is 25.3. The van der Waals surface area contributed by atoms with E-state index in [0.29, 0.717) is 24.0 Å². The summed E-state index contributed by atoms with van der Waals surface area (Å²) >= 11 is 0. The number of esters is 1. The highest BCUT2D eigenvalue weighted by Gasteiger charge is 2.37. The lowest BCUT2D eigenvalue weighted by molar-refractivity contribution is -0.146. The summed E-state index contributed by atoms with van der Waals surface area (Å²) in [5.74, 6) is -0.862. The molecular weight excluding hydrogens is 300 g/mol. The van der Waals surface area contributed by atoms with E-state index >= 15 is 0 Å². The molecule has 3 nitrogen and oxygen atoms in total. The average Bonchev–Trinajstić information content (AvgIpc) is 2.67. The lowest BCUT2D eigenvalue weighted by Crippen LogP contribution is -2.30. The van der Waals surface area contributed by atoms with Crippen molar-refractivity contribution in [2.24, 2.45) is 5.92 Å². The maximum absolute atomic E-state index is 13.0. The third-order valence-corrected chi connectivity index (χ3v) is 4.54. The highest BCUT2D eigenvalue weighted by molar-refractivity contribution is 6.10. The highest BCUT2D eigenvalue weighted by atomic mass is 16.5. The Kier molecular flexibility index (Phi) is 4.90. The molecule has 3 rings (SSSR count). The molecule has 3 heteroatoms.